The summed E-state index contributed by atoms with van der Waals surface area (Å²) in [6.45, 7) is 7.66. The van der Waals surface area contributed by atoms with Crippen LogP contribution in [0.3, 0.4) is 0 Å². The second kappa shape index (κ2) is 10.6. The van der Waals surface area contributed by atoms with Gasteiger partial charge in [-0.05, 0) is 51.0 Å². The molecule has 1 aliphatic carbocycles. The number of carbonyl (C=O) groups is 1. The number of aliphatic hydroxyl groups excluding tert-OH is 1. The first kappa shape index (κ1) is 26.7. The van der Waals surface area contributed by atoms with Crippen molar-refractivity contribution < 1.29 is 14.6 Å². The molecule has 178 valence electrons. The Balaban J connectivity index is 0.00000129. The maximum absolute atomic E-state index is 12.7. The SMILES string of the molecule is CC(C)(C)OC(=O)N1CC=C2C(C#N)=C(N)C(C#N)(C#N)C(c3cccc(Cl)c3)C2C1.CCO. The van der Waals surface area contributed by atoms with Crippen LogP contribution in [0.5, 0.6) is 0 Å². The molecule has 2 aliphatic rings. The van der Waals surface area contributed by atoms with Crippen LogP contribution in [-0.4, -0.2) is 41.4 Å². The van der Waals surface area contributed by atoms with E-state index in [0.717, 1.165) is 0 Å². The van der Waals surface area contributed by atoms with Gasteiger partial charge < -0.3 is 20.5 Å². The monoisotopic (exact) mass is 481 g/mol. The second-order valence-corrected chi connectivity index (χ2v) is 9.37. The van der Waals surface area contributed by atoms with Crippen molar-refractivity contribution in [3.05, 3.63) is 57.8 Å². The summed E-state index contributed by atoms with van der Waals surface area (Å²) in [6, 6.07) is 13.1. The fourth-order valence-electron chi connectivity index (χ4n) is 4.23. The van der Waals surface area contributed by atoms with Crippen molar-refractivity contribution in [2.45, 2.75) is 39.2 Å². The van der Waals surface area contributed by atoms with Gasteiger partial charge in [-0.15, -0.1) is 0 Å². The molecule has 1 aliphatic heterocycles. The Morgan fingerprint density at radius 2 is 1.94 bits per heavy atom. The second-order valence-electron chi connectivity index (χ2n) is 8.93. The third-order valence-electron chi connectivity index (χ3n) is 5.52. The molecule has 8 nitrogen and oxygen atoms in total. The minimum Gasteiger partial charge on any atom is -0.444 e. The van der Waals surface area contributed by atoms with Crippen LogP contribution < -0.4 is 5.73 Å². The molecule has 34 heavy (non-hydrogen) atoms. The summed E-state index contributed by atoms with van der Waals surface area (Å²) in [5.41, 5.74) is 5.13. The van der Waals surface area contributed by atoms with E-state index in [2.05, 4.69) is 18.2 Å². The number of hydrogen-bond donors (Lipinski definition) is 2. The van der Waals surface area contributed by atoms with Crippen LogP contribution >= 0.6 is 11.6 Å². The fourth-order valence-corrected chi connectivity index (χ4v) is 4.43. The molecule has 1 amide bonds. The summed E-state index contributed by atoms with van der Waals surface area (Å²) in [6.07, 6.45) is 1.24. The van der Waals surface area contributed by atoms with Crippen LogP contribution in [0.1, 0.15) is 39.2 Å². The summed E-state index contributed by atoms with van der Waals surface area (Å²) < 4.78 is 5.50. The Hall–Kier alpha value is -3.51. The molecule has 0 saturated carbocycles. The quantitative estimate of drug-likeness (QED) is 0.615. The summed E-state index contributed by atoms with van der Waals surface area (Å²) in [7, 11) is 0. The van der Waals surface area contributed by atoms with Crippen LogP contribution in [0.25, 0.3) is 0 Å². The lowest BCUT2D eigenvalue weighted by Gasteiger charge is -2.45. The van der Waals surface area contributed by atoms with Gasteiger partial charge in [-0.3, -0.25) is 0 Å². The minimum atomic E-state index is -1.78. The van der Waals surface area contributed by atoms with E-state index in [9.17, 15) is 20.6 Å². The van der Waals surface area contributed by atoms with Gasteiger partial charge >= 0.3 is 6.09 Å². The average Bonchev–Trinajstić information content (AvgIpc) is 2.77. The molecule has 9 heteroatoms. The number of allylic oxidation sites excluding steroid dienone is 2. The molecular weight excluding hydrogens is 454 g/mol. The summed E-state index contributed by atoms with van der Waals surface area (Å²) in [5, 5.41) is 38.0. The normalized spacial score (nSPS) is 20.9. The highest BCUT2D eigenvalue weighted by Gasteiger charge is 2.55. The topological polar surface area (TPSA) is 147 Å². The zero-order valence-corrected chi connectivity index (χ0v) is 20.4. The number of nitrogens with two attached hydrogens (primary N) is 1. The van der Waals surface area contributed by atoms with Crippen molar-refractivity contribution >= 4 is 17.7 Å². The minimum absolute atomic E-state index is 0.0711. The lowest BCUT2D eigenvalue weighted by Crippen LogP contribution is -2.50. The van der Waals surface area contributed by atoms with Gasteiger partial charge in [0.15, 0.2) is 5.41 Å². The molecule has 0 spiro atoms. The van der Waals surface area contributed by atoms with E-state index in [1.807, 2.05) is 0 Å². The van der Waals surface area contributed by atoms with E-state index in [-0.39, 0.29) is 31.0 Å². The van der Waals surface area contributed by atoms with Gasteiger partial charge in [0.1, 0.15) is 11.7 Å². The maximum Gasteiger partial charge on any atom is 0.410 e. The number of fused-ring (bicyclic) bond motifs is 1. The zero-order chi connectivity index (χ0) is 25.7. The van der Waals surface area contributed by atoms with Gasteiger partial charge in [-0.1, -0.05) is 29.8 Å². The number of aliphatic hydroxyl groups is 1. The van der Waals surface area contributed by atoms with Crippen molar-refractivity contribution in [3.63, 3.8) is 0 Å². The summed E-state index contributed by atoms with van der Waals surface area (Å²) >= 11 is 6.20. The third-order valence-corrected chi connectivity index (χ3v) is 5.76. The van der Waals surface area contributed by atoms with Crippen LogP contribution in [0.4, 0.5) is 4.79 Å². The number of halogens is 1. The van der Waals surface area contributed by atoms with Gasteiger partial charge in [0.05, 0.1) is 23.4 Å². The van der Waals surface area contributed by atoms with Crippen LogP contribution in [0.15, 0.2) is 47.2 Å². The Labute approximate surface area is 205 Å². The molecule has 1 heterocycles. The van der Waals surface area contributed by atoms with Crippen molar-refractivity contribution in [2.24, 2.45) is 17.1 Å². The maximum atomic E-state index is 12.7. The molecule has 2 unspecified atom stereocenters. The van der Waals surface area contributed by atoms with E-state index < -0.39 is 28.9 Å². The number of hydrogen-bond acceptors (Lipinski definition) is 7. The number of rotatable bonds is 1. The largest absolute Gasteiger partial charge is 0.444 e. The smallest absolute Gasteiger partial charge is 0.410 e. The molecule has 0 saturated heterocycles. The first-order valence-corrected chi connectivity index (χ1v) is 11.1. The Bertz CT molecular complexity index is 1120. The Kier molecular flexibility index (Phi) is 8.35. The molecule has 0 radical (unpaired) electrons. The zero-order valence-electron chi connectivity index (χ0n) is 19.7. The van der Waals surface area contributed by atoms with Gasteiger partial charge in [-0.25, -0.2) is 4.79 Å². The molecule has 1 aromatic rings. The van der Waals surface area contributed by atoms with E-state index in [1.54, 1.807) is 58.0 Å². The molecule has 0 bridgehead atoms. The lowest BCUT2D eigenvalue weighted by atomic mass is 9.58. The van der Waals surface area contributed by atoms with Crippen molar-refractivity contribution in [3.8, 4) is 18.2 Å². The number of benzene rings is 1. The first-order valence-electron chi connectivity index (χ1n) is 10.8. The predicted molar refractivity (Wildman–Crippen MR) is 127 cm³/mol. The van der Waals surface area contributed by atoms with E-state index in [1.165, 1.54) is 4.90 Å². The van der Waals surface area contributed by atoms with E-state index in [4.69, 9.17) is 27.2 Å². The highest BCUT2D eigenvalue weighted by Crippen LogP contribution is 2.54. The van der Waals surface area contributed by atoms with Crippen molar-refractivity contribution in [1.29, 1.82) is 15.8 Å². The average molecular weight is 482 g/mol. The summed E-state index contributed by atoms with van der Waals surface area (Å²) in [5.74, 6) is -1.24. The molecule has 1 aromatic carbocycles. The molecule has 3 N–H and O–H groups in total. The standard InChI is InChI=1S/C23H22ClN5O2.C2H6O/c1-22(2,3)31-21(30)29-8-7-16-17(10-25)20(28)23(12-26,13-27)19(18(16)11-29)14-5-4-6-15(24)9-14;1-2-3/h4-7,9,18-19H,8,11,28H2,1-3H3;3H,2H2,1H3. The number of ether oxygens (including phenoxy) is 1. The highest BCUT2D eigenvalue weighted by molar-refractivity contribution is 6.30. The van der Waals surface area contributed by atoms with Crippen molar-refractivity contribution in [2.75, 3.05) is 19.7 Å². The number of nitriles is 3. The molecule has 2 atom stereocenters. The number of carbonyl (C=O) groups excluding carboxylic acids is 1. The highest BCUT2D eigenvalue weighted by atomic mass is 35.5. The molecule has 3 rings (SSSR count). The van der Waals surface area contributed by atoms with E-state index >= 15 is 0 Å². The van der Waals surface area contributed by atoms with Gasteiger partial charge in [0.25, 0.3) is 0 Å². The van der Waals surface area contributed by atoms with Gasteiger partial charge in [0, 0.05) is 36.6 Å². The van der Waals surface area contributed by atoms with Crippen molar-refractivity contribution in [1.82, 2.24) is 4.90 Å². The van der Waals surface area contributed by atoms with E-state index in [0.29, 0.717) is 16.2 Å². The molecular formula is C25H28ClN5O3. The molecule has 0 aromatic heterocycles. The summed E-state index contributed by atoms with van der Waals surface area (Å²) in [4.78, 5) is 14.2. The lowest BCUT2D eigenvalue weighted by molar-refractivity contribution is 0.0224. The number of nitrogens with zero attached hydrogens (tertiary/aromatic N) is 4. The van der Waals surface area contributed by atoms with Crippen LogP contribution in [-0.2, 0) is 4.74 Å². The number of amides is 1. The van der Waals surface area contributed by atoms with Gasteiger partial charge in [-0.2, -0.15) is 15.8 Å². The predicted octanol–water partition coefficient (Wildman–Crippen LogP) is 4.00. The third kappa shape index (κ3) is 5.18. The van der Waals surface area contributed by atoms with Gasteiger partial charge in [0.2, 0.25) is 0 Å². The van der Waals surface area contributed by atoms with Crippen LogP contribution in [0, 0.1) is 45.3 Å². The first-order chi connectivity index (χ1) is 16.0. The Morgan fingerprint density at radius 3 is 2.44 bits per heavy atom. The van der Waals surface area contributed by atoms with Crippen LogP contribution in [0.2, 0.25) is 5.02 Å². The molecule has 0 fully saturated rings. The fraction of sp³-hybridized carbons (Fsp3) is 0.440. The Morgan fingerprint density at radius 1 is 1.32 bits per heavy atom.